The summed E-state index contributed by atoms with van der Waals surface area (Å²) in [7, 11) is -3.64. The van der Waals surface area contributed by atoms with Crippen molar-refractivity contribution in [3.63, 3.8) is 0 Å². The van der Waals surface area contributed by atoms with Gasteiger partial charge >= 0.3 is 0 Å². The van der Waals surface area contributed by atoms with E-state index in [2.05, 4.69) is 13.8 Å². The summed E-state index contributed by atoms with van der Waals surface area (Å²) >= 11 is 0. The molecular formula is C14H17FN2O2S. The molecule has 0 spiro atoms. The van der Waals surface area contributed by atoms with Crippen LogP contribution in [0.3, 0.4) is 0 Å². The molecule has 1 saturated heterocycles. The Balaban J connectivity index is 2.30. The normalized spacial score (nSPS) is 20.2. The fourth-order valence-electron chi connectivity index (χ4n) is 2.42. The summed E-state index contributed by atoms with van der Waals surface area (Å²) in [5.41, 5.74) is -0.245. The molecule has 1 atom stereocenters. The fraction of sp³-hybridized carbons (Fsp3) is 0.500. The first-order valence-corrected chi connectivity index (χ1v) is 8.00. The van der Waals surface area contributed by atoms with Crippen molar-refractivity contribution in [1.82, 2.24) is 4.31 Å². The number of nitriles is 1. The number of sulfonamides is 1. The van der Waals surface area contributed by atoms with Crippen LogP contribution in [0, 0.1) is 29.0 Å². The zero-order valence-corrected chi connectivity index (χ0v) is 12.3. The van der Waals surface area contributed by atoms with Gasteiger partial charge in [-0.2, -0.15) is 9.57 Å². The number of benzene rings is 1. The minimum Gasteiger partial charge on any atom is -0.207 e. The molecule has 1 aliphatic heterocycles. The maximum absolute atomic E-state index is 13.3. The van der Waals surface area contributed by atoms with Gasteiger partial charge in [-0.25, -0.2) is 12.8 Å². The fourth-order valence-corrected chi connectivity index (χ4v) is 3.95. The molecule has 1 heterocycles. The molecule has 1 unspecified atom stereocenters. The average molecular weight is 296 g/mol. The Hall–Kier alpha value is -1.45. The van der Waals surface area contributed by atoms with Gasteiger partial charge in [-0.1, -0.05) is 13.8 Å². The Morgan fingerprint density at radius 3 is 2.70 bits per heavy atom. The molecular weight excluding hydrogens is 279 g/mol. The second kappa shape index (κ2) is 5.51. The molecule has 1 aromatic carbocycles. The Morgan fingerprint density at radius 2 is 2.15 bits per heavy atom. The van der Waals surface area contributed by atoms with Crippen LogP contribution in [0.15, 0.2) is 23.1 Å². The van der Waals surface area contributed by atoms with E-state index < -0.39 is 15.8 Å². The summed E-state index contributed by atoms with van der Waals surface area (Å²) in [6.07, 6.45) is 0.837. The maximum Gasteiger partial charge on any atom is 0.243 e. The molecule has 0 aromatic heterocycles. The highest BCUT2D eigenvalue weighted by molar-refractivity contribution is 7.89. The number of halogens is 1. The lowest BCUT2D eigenvalue weighted by molar-refractivity contribution is 0.388. The summed E-state index contributed by atoms with van der Waals surface area (Å²) in [6, 6.07) is 5.02. The summed E-state index contributed by atoms with van der Waals surface area (Å²) in [5.74, 6) is 0.0756. The van der Waals surface area contributed by atoms with E-state index in [1.807, 2.05) is 0 Å². The highest BCUT2D eigenvalue weighted by Gasteiger charge is 2.33. The van der Waals surface area contributed by atoms with E-state index in [1.54, 1.807) is 6.07 Å². The first-order chi connectivity index (χ1) is 9.36. The van der Waals surface area contributed by atoms with Crippen LogP contribution in [0.4, 0.5) is 4.39 Å². The van der Waals surface area contributed by atoms with Gasteiger partial charge in [0.1, 0.15) is 11.9 Å². The summed E-state index contributed by atoms with van der Waals surface area (Å²) in [5, 5.41) is 8.79. The SMILES string of the molecule is CC(C)C1CCN(S(=O)(=O)c2ccc(F)c(C#N)c2)C1. The molecule has 1 fully saturated rings. The third-order valence-corrected chi connectivity index (χ3v) is 5.69. The number of nitrogens with zero attached hydrogens (tertiary/aromatic N) is 2. The summed E-state index contributed by atoms with van der Waals surface area (Å²) < 4.78 is 39.6. The van der Waals surface area contributed by atoms with E-state index in [-0.39, 0.29) is 10.5 Å². The molecule has 20 heavy (non-hydrogen) atoms. The van der Waals surface area contributed by atoms with E-state index >= 15 is 0 Å². The molecule has 0 aliphatic carbocycles. The highest BCUT2D eigenvalue weighted by atomic mass is 32.2. The Labute approximate surface area is 118 Å². The topological polar surface area (TPSA) is 61.2 Å². The van der Waals surface area contributed by atoms with Gasteiger partial charge in [0, 0.05) is 13.1 Å². The summed E-state index contributed by atoms with van der Waals surface area (Å²) in [6.45, 7) is 5.11. The van der Waals surface area contributed by atoms with Gasteiger partial charge in [-0.3, -0.25) is 0 Å². The van der Waals surface area contributed by atoms with Crippen molar-refractivity contribution in [1.29, 1.82) is 5.26 Å². The Morgan fingerprint density at radius 1 is 1.45 bits per heavy atom. The van der Waals surface area contributed by atoms with Gasteiger partial charge < -0.3 is 0 Å². The standard InChI is InChI=1S/C14H17FN2O2S/c1-10(2)11-5-6-17(9-11)20(18,19)13-3-4-14(15)12(7-13)8-16/h3-4,7,10-11H,5-6,9H2,1-2H3. The van der Waals surface area contributed by atoms with Gasteiger partial charge in [0.05, 0.1) is 10.5 Å². The van der Waals surface area contributed by atoms with Gasteiger partial charge in [0.15, 0.2) is 0 Å². The third-order valence-electron chi connectivity index (χ3n) is 3.83. The maximum atomic E-state index is 13.3. The smallest absolute Gasteiger partial charge is 0.207 e. The third kappa shape index (κ3) is 2.69. The van der Waals surface area contributed by atoms with E-state index in [1.165, 1.54) is 10.4 Å². The van der Waals surface area contributed by atoms with E-state index in [0.29, 0.717) is 24.9 Å². The predicted molar refractivity (Wildman–Crippen MR) is 72.8 cm³/mol. The Kier molecular flexibility index (Phi) is 4.11. The van der Waals surface area contributed by atoms with Crippen molar-refractivity contribution >= 4 is 10.0 Å². The van der Waals surface area contributed by atoms with Gasteiger partial charge in [-0.15, -0.1) is 0 Å². The number of rotatable bonds is 3. The minimum absolute atomic E-state index is 0.0140. The quantitative estimate of drug-likeness (QED) is 0.860. The largest absolute Gasteiger partial charge is 0.243 e. The van der Waals surface area contributed by atoms with Gasteiger partial charge in [0.2, 0.25) is 10.0 Å². The molecule has 0 radical (unpaired) electrons. The highest BCUT2D eigenvalue weighted by Crippen LogP contribution is 2.29. The molecule has 108 valence electrons. The first kappa shape index (κ1) is 14.9. The van der Waals surface area contributed by atoms with Crippen LogP contribution in [-0.2, 0) is 10.0 Å². The molecule has 1 aliphatic rings. The number of hydrogen-bond acceptors (Lipinski definition) is 3. The Bertz CT molecular complexity index is 650. The zero-order chi connectivity index (χ0) is 14.9. The molecule has 1 aromatic rings. The molecule has 0 saturated carbocycles. The molecule has 4 nitrogen and oxygen atoms in total. The van der Waals surface area contributed by atoms with Crippen molar-refractivity contribution in [3.8, 4) is 6.07 Å². The van der Waals surface area contributed by atoms with Crippen LogP contribution in [0.25, 0.3) is 0 Å². The van der Waals surface area contributed by atoms with Crippen LogP contribution < -0.4 is 0 Å². The first-order valence-electron chi connectivity index (χ1n) is 6.56. The zero-order valence-electron chi connectivity index (χ0n) is 11.5. The minimum atomic E-state index is -3.64. The van der Waals surface area contributed by atoms with E-state index in [4.69, 9.17) is 5.26 Å². The lowest BCUT2D eigenvalue weighted by Crippen LogP contribution is -2.29. The number of hydrogen-bond donors (Lipinski definition) is 0. The lowest BCUT2D eigenvalue weighted by atomic mass is 9.96. The van der Waals surface area contributed by atoms with Gasteiger partial charge in [-0.05, 0) is 36.5 Å². The lowest BCUT2D eigenvalue weighted by Gasteiger charge is -2.18. The van der Waals surface area contributed by atoms with Crippen molar-refractivity contribution < 1.29 is 12.8 Å². The molecule has 2 rings (SSSR count). The predicted octanol–water partition coefficient (Wildman–Crippen LogP) is 2.36. The van der Waals surface area contributed by atoms with Crippen LogP contribution in [-0.4, -0.2) is 25.8 Å². The molecule has 6 heteroatoms. The molecule has 0 bridgehead atoms. The second-order valence-corrected chi connectivity index (χ2v) is 7.35. The van der Waals surface area contributed by atoms with Crippen LogP contribution in [0.2, 0.25) is 0 Å². The monoisotopic (exact) mass is 296 g/mol. The van der Waals surface area contributed by atoms with Gasteiger partial charge in [0.25, 0.3) is 0 Å². The average Bonchev–Trinajstić information content (AvgIpc) is 2.89. The van der Waals surface area contributed by atoms with Crippen LogP contribution in [0.5, 0.6) is 0 Å². The molecule has 0 N–H and O–H groups in total. The second-order valence-electron chi connectivity index (χ2n) is 5.41. The van der Waals surface area contributed by atoms with Crippen molar-refractivity contribution in [3.05, 3.63) is 29.6 Å². The molecule has 0 amide bonds. The van der Waals surface area contributed by atoms with E-state index in [9.17, 15) is 12.8 Å². The van der Waals surface area contributed by atoms with Crippen molar-refractivity contribution in [2.75, 3.05) is 13.1 Å². The van der Waals surface area contributed by atoms with Crippen molar-refractivity contribution in [2.24, 2.45) is 11.8 Å². The summed E-state index contributed by atoms with van der Waals surface area (Å²) in [4.78, 5) is -0.0140. The van der Waals surface area contributed by atoms with E-state index in [0.717, 1.165) is 18.6 Å². The van der Waals surface area contributed by atoms with Crippen molar-refractivity contribution in [2.45, 2.75) is 25.2 Å². The van der Waals surface area contributed by atoms with Crippen LogP contribution >= 0.6 is 0 Å². The van der Waals surface area contributed by atoms with Crippen LogP contribution in [0.1, 0.15) is 25.8 Å².